The Morgan fingerprint density at radius 2 is 1.76 bits per heavy atom. The maximum absolute atomic E-state index is 15.9. The van der Waals surface area contributed by atoms with Gasteiger partial charge in [-0.2, -0.15) is 0 Å². The molecule has 4 fully saturated rings. The molecular formula is C37H44ClFN4O6. The number of Topliss-reactive ketones (excluding diaryl/α,β-unsaturated/α-hetero) is 1. The lowest BCUT2D eigenvalue weighted by molar-refractivity contribution is -0.276. The molecule has 3 saturated heterocycles. The number of ketones is 1. The minimum atomic E-state index is -1.34. The van der Waals surface area contributed by atoms with Crippen LogP contribution in [0.15, 0.2) is 47.1 Å². The van der Waals surface area contributed by atoms with Gasteiger partial charge < -0.3 is 24.0 Å². The quantitative estimate of drug-likeness (QED) is 0.251. The molecule has 0 spiro atoms. The fourth-order valence-corrected chi connectivity index (χ4v) is 8.13. The third kappa shape index (κ3) is 7.20. The summed E-state index contributed by atoms with van der Waals surface area (Å²) in [5, 5.41) is 3.46. The maximum Gasteiger partial charge on any atom is 0.259 e. The van der Waals surface area contributed by atoms with Gasteiger partial charge in [0.2, 0.25) is 5.85 Å². The van der Waals surface area contributed by atoms with E-state index in [1.54, 1.807) is 18.2 Å². The number of hydrogen-bond acceptors (Lipinski definition) is 9. The Kier molecular flexibility index (Phi) is 10.5. The molecule has 262 valence electrons. The molecular weight excluding hydrogens is 651 g/mol. The van der Waals surface area contributed by atoms with Crippen molar-refractivity contribution in [2.45, 2.75) is 56.9 Å². The largest absolute Gasteiger partial charge is 0.463 e. The number of benzene rings is 2. The van der Waals surface area contributed by atoms with Crippen molar-refractivity contribution in [1.29, 1.82) is 0 Å². The normalized spacial score (nSPS) is 24.0. The van der Waals surface area contributed by atoms with Gasteiger partial charge in [0, 0.05) is 63.5 Å². The summed E-state index contributed by atoms with van der Waals surface area (Å²) < 4.78 is 33.9. The van der Waals surface area contributed by atoms with Gasteiger partial charge in [0.05, 0.1) is 35.6 Å². The highest BCUT2D eigenvalue weighted by Crippen LogP contribution is 2.39. The van der Waals surface area contributed by atoms with E-state index in [9.17, 15) is 14.4 Å². The standard InChI is InChI=1S/C37H44ClFN4O6/c38-31-17-27(32(39)19-33(31)40-36(46)30-24-48-34-6-2-1-5-29(30)34)18-35(45)37(42-11-3-4-12-42,49-28-9-7-25(23-44)8-10-28)43-21-26(22-43)20-41-13-15-47-16-14-41/h1-2,5-6,17,19,23-26,28H,3-4,7-16,18,20-22H2,(H,40,46). The summed E-state index contributed by atoms with van der Waals surface area (Å²) in [4.78, 5) is 46.1. The number of morpholine rings is 1. The number of aldehydes is 1. The molecule has 2 aromatic carbocycles. The Morgan fingerprint density at radius 3 is 2.49 bits per heavy atom. The van der Waals surface area contributed by atoms with Crippen molar-refractivity contribution in [1.82, 2.24) is 14.7 Å². The van der Waals surface area contributed by atoms with Crippen LogP contribution in [0.25, 0.3) is 11.0 Å². The molecule has 1 saturated carbocycles. The number of amides is 1. The minimum absolute atomic E-state index is 0.0149. The highest BCUT2D eigenvalue weighted by molar-refractivity contribution is 6.34. The van der Waals surface area contributed by atoms with Crippen molar-refractivity contribution in [2.75, 3.05) is 64.3 Å². The van der Waals surface area contributed by atoms with Gasteiger partial charge in [0.25, 0.3) is 5.91 Å². The average Bonchev–Trinajstić information content (AvgIpc) is 3.80. The summed E-state index contributed by atoms with van der Waals surface area (Å²) in [6.45, 7) is 7.00. The highest BCUT2D eigenvalue weighted by Gasteiger charge is 2.56. The second-order valence-electron chi connectivity index (χ2n) is 13.9. The van der Waals surface area contributed by atoms with Crippen molar-refractivity contribution in [3.8, 4) is 0 Å². The Balaban J connectivity index is 1.12. The Hall–Kier alpha value is -3.19. The lowest BCUT2D eigenvalue weighted by Crippen LogP contribution is -2.73. The summed E-state index contributed by atoms with van der Waals surface area (Å²) >= 11 is 6.64. The summed E-state index contributed by atoms with van der Waals surface area (Å²) in [6.07, 6.45) is 6.70. The zero-order valence-corrected chi connectivity index (χ0v) is 28.5. The van der Waals surface area contributed by atoms with E-state index in [1.807, 2.05) is 6.07 Å². The van der Waals surface area contributed by atoms with Crippen molar-refractivity contribution in [3.63, 3.8) is 0 Å². The zero-order chi connectivity index (χ0) is 34.0. The number of likely N-dealkylation sites (tertiary alicyclic amines) is 2. The molecule has 4 heterocycles. The van der Waals surface area contributed by atoms with Gasteiger partial charge in [0.15, 0.2) is 5.78 Å². The maximum atomic E-state index is 15.9. The fourth-order valence-electron chi connectivity index (χ4n) is 7.90. The molecule has 0 radical (unpaired) electrons. The molecule has 0 bridgehead atoms. The predicted octanol–water partition coefficient (Wildman–Crippen LogP) is 5.38. The number of nitrogens with zero attached hydrogens (tertiary/aromatic N) is 3. The molecule has 3 aliphatic heterocycles. The van der Waals surface area contributed by atoms with E-state index in [0.717, 1.165) is 64.8 Å². The first-order valence-electron chi connectivity index (χ1n) is 17.6. The third-order valence-electron chi connectivity index (χ3n) is 10.6. The van der Waals surface area contributed by atoms with Crippen LogP contribution in [0.5, 0.6) is 0 Å². The van der Waals surface area contributed by atoms with Crippen LogP contribution in [-0.4, -0.2) is 104 Å². The number of ether oxygens (including phenoxy) is 2. The van der Waals surface area contributed by atoms with Gasteiger partial charge in [-0.1, -0.05) is 29.8 Å². The first-order valence-corrected chi connectivity index (χ1v) is 17.9. The number of carbonyl (C=O) groups excluding carboxylic acids is 3. The molecule has 10 nitrogen and oxygen atoms in total. The number of fused-ring (bicyclic) bond motifs is 1. The predicted molar refractivity (Wildman–Crippen MR) is 183 cm³/mol. The van der Waals surface area contributed by atoms with Crippen LogP contribution in [0.2, 0.25) is 5.02 Å². The smallest absolute Gasteiger partial charge is 0.259 e. The summed E-state index contributed by atoms with van der Waals surface area (Å²) in [5.74, 6) is -2.30. The van der Waals surface area contributed by atoms with Crippen LogP contribution in [0, 0.1) is 17.7 Å². The first-order chi connectivity index (χ1) is 23.8. The molecule has 1 aliphatic carbocycles. The molecule has 49 heavy (non-hydrogen) atoms. The lowest BCUT2D eigenvalue weighted by Gasteiger charge is -2.56. The van der Waals surface area contributed by atoms with E-state index < -0.39 is 17.6 Å². The molecule has 1 atom stereocenters. The van der Waals surface area contributed by atoms with Gasteiger partial charge in [-0.25, -0.2) is 4.39 Å². The molecule has 4 aliphatic rings. The van der Waals surface area contributed by atoms with Crippen molar-refractivity contribution < 1.29 is 32.7 Å². The molecule has 3 aromatic rings. The minimum Gasteiger partial charge on any atom is -0.463 e. The summed E-state index contributed by atoms with van der Waals surface area (Å²) in [6, 6.07) is 9.76. The number of nitrogens with one attached hydrogen (secondary N) is 1. The molecule has 1 unspecified atom stereocenters. The summed E-state index contributed by atoms with van der Waals surface area (Å²) in [7, 11) is 0. The van der Waals surface area contributed by atoms with E-state index in [1.165, 1.54) is 18.4 Å². The molecule has 7 rings (SSSR count). The number of anilines is 1. The van der Waals surface area contributed by atoms with Crippen LogP contribution < -0.4 is 5.32 Å². The Bertz CT molecular complexity index is 1660. The van der Waals surface area contributed by atoms with E-state index in [-0.39, 0.29) is 40.5 Å². The van der Waals surface area contributed by atoms with Crippen LogP contribution in [0.1, 0.15) is 54.4 Å². The van der Waals surface area contributed by atoms with Gasteiger partial charge in [0.1, 0.15) is 23.9 Å². The zero-order valence-electron chi connectivity index (χ0n) is 27.7. The number of furan rings is 1. The van der Waals surface area contributed by atoms with Crippen LogP contribution in [-0.2, 0) is 25.5 Å². The highest BCUT2D eigenvalue weighted by atomic mass is 35.5. The van der Waals surface area contributed by atoms with Crippen molar-refractivity contribution in [2.24, 2.45) is 11.8 Å². The van der Waals surface area contributed by atoms with E-state index >= 15 is 4.39 Å². The SMILES string of the molecule is O=CC1CCC(OC(C(=O)Cc2cc(Cl)c(NC(=O)c3coc4ccccc34)cc2F)(N2CCCC2)N2CC(CN3CCOCC3)C2)CC1. The fraction of sp³-hybridized carbons (Fsp3) is 0.541. The molecule has 1 N–H and O–H groups in total. The van der Waals surface area contributed by atoms with E-state index in [2.05, 4.69) is 20.0 Å². The van der Waals surface area contributed by atoms with Crippen LogP contribution in [0.3, 0.4) is 0 Å². The Labute approximate surface area is 290 Å². The monoisotopic (exact) mass is 694 g/mol. The van der Waals surface area contributed by atoms with E-state index in [0.29, 0.717) is 61.5 Å². The second kappa shape index (κ2) is 15.0. The van der Waals surface area contributed by atoms with Gasteiger partial charge in [-0.05, 0) is 68.2 Å². The van der Waals surface area contributed by atoms with Gasteiger partial charge in [-0.15, -0.1) is 0 Å². The topological polar surface area (TPSA) is 105 Å². The number of para-hydroxylation sites is 1. The third-order valence-corrected chi connectivity index (χ3v) is 10.9. The number of halogens is 2. The van der Waals surface area contributed by atoms with Crippen LogP contribution >= 0.6 is 11.6 Å². The number of rotatable bonds is 12. The van der Waals surface area contributed by atoms with Gasteiger partial charge in [-0.3, -0.25) is 24.3 Å². The Morgan fingerprint density at radius 1 is 1.02 bits per heavy atom. The van der Waals surface area contributed by atoms with Crippen molar-refractivity contribution in [3.05, 3.63) is 64.6 Å². The van der Waals surface area contributed by atoms with Gasteiger partial charge >= 0.3 is 0 Å². The average molecular weight is 695 g/mol. The summed E-state index contributed by atoms with van der Waals surface area (Å²) in [5.41, 5.74) is 1.12. The van der Waals surface area contributed by atoms with Crippen LogP contribution in [0.4, 0.5) is 10.1 Å². The molecule has 1 amide bonds. The molecule has 12 heteroatoms. The first kappa shape index (κ1) is 34.3. The van der Waals surface area contributed by atoms with E-state index in [4.69, 9.17) is 25.5 Å². The van der Waals surface area contributed by atoms with Crippen molar-refractivity contribution >= 4 is 46.2 Å². The molecule has 1 aromatic heterocycles. The lowest BCUT2D eigenvalue weighted by atomic mass is 9.88. The second-order valence-corrected chi connectivity index (χ2v) is 14.3. The number of hydrogen-bond donors (Lipinski definition) is 1. The number of carbonyl (C=O) groups is 3.